The summed E-state index contributed by atoms with van der Waals surface area (Å²) in [4.78, 5) is 18.3. The average molecular weight is 195 g/mol. The molecule has 0 bridgehead atoms. The number of aromatic nitrogens is 2. The molecule has 0 saturated carbocycles. The molecule has 1 aromatic heterocycles. The molecule has 4 nitrogen and oxygen atoms in total. The molecule has 1 aromatic rings. The summed E-state index contributed by atoms with van der Waals surface area (Å²) >= 11 is 0. The lowest BCUT2D eigenvalue weighted by Crippen LogP contribution is -2.26. The third-order valence-corrected chi connectivity index (χ3v) is 2.05. The van der Waals surface area contributed by atoms with Crippen LogP contribution in [0.15, 0.2) is 6.33 Å². The molecule has 0 aliphatic heterocycles. The number of H-pyrrole nitrogens is 1. The van der Waals surface area contributed by atoms with E-state index in [0.29, 0.717) is 18.2 Å². The van der Waals surface area contributed by atoms with Crippen LogP contribution in [0.4, 0.5) is 0 Å². The summed E-state index contributed by atoms with van der Waals surface area (Å²) in [6.45, 7) is 6.81. The van der Waals surface area contributed by atoms with Crippen molar-refractivity contribution in [3.63, 3.8) is 0 Å². The molecule has 1 heterocycles. The molecule has 1 rings (SSSR count). The van der Waals surface area contributed by atoms with E-state index in [0.717, 1.165) is 12.1 Å². The van der Waals surface area contributed by atoms with Gasteiger partial charge in [0.05, 0.1) is 6.33 Å². The lowest BCUT2D eigenvalue weighted by molar-refractivity contribution is 0.0947. The van der Waals surface area contributed by atoms with Gasteiger partial charge in [0.15, 0.2) is 0 Å². The smallest absolute Gasteiger partial charge is 0.271 e. The quantitative estimate of drug-likeness (QED) is 0.764. The summed E-state index contributed by atoms with van der Waals surface area (Å²) in [5, 5.41) is 2.84. The Morgan fingerprint density at radius 2 is 2.36 bits per heavy atom. The number of rotatable bonds is 4. The number of aryl methyl sites for hydroxylation is 1. The maximum Gasteiger partial charge on any atom is 0.271 e. The molecule has 0 spiro atoms. The Balaban J connectivity index is 2.40. The van der Waals surface area contributed by atoms with Gasteiger partial charge in [-0.15, -0.1) is 0 Å². The van der Waals surface area contributed by atoms with Gasteiger partial charge in [-0.2, -0.15) is 0 Å². The topological polar surface area (TPSA) is 57.8 Å². The fourth-order valence-electron chi connectivity index (χ4n) is 1.15. The van der Waals surface area contributed by atoms with Crippen molar-refractivity contribution in [1.82, 2.24) is 15.3 Å². The van der Waals surface area contributed by atoms with E-state index in [2.05, 4.69) is 29.1 Å². The van der Waals surface area contributed by atoms with Crippen molar-refractivity contribution in [2.75, 3.05) is 6.54 Å². The Labute approximate surface area is 84.1 Å². The van der Waals surface area contributed by atoms with E-state index in [9.17, 15) is 4.79 Å². The van der Waals surface area contributed by atoms with Crippen molar-refractivity contribution in [2.24, 2.45) is 5.92 Å². The van der Waals surface area contributed by atoms with E-state index < -0.39 is 0 Å². The van der Waals surface area contributed by atoms with Crippen molar-refractivity contribution in [3.05, 3.63) is 17.7 Å². The zero-order chi connectivity index (χ0) is 10.6. The number of amides is 1. The second kappa shape index (κ2) is 4.79. The first kappa shape index (κ1) is 10.8. The molecule has 0 aliphatic rings. The monoisotopic (exact) mass is 195 g/mol. The van der Waals surface area contributed by atoms with Gasteiger partial charge in [0, 0.05) is 12.2 Å². The molecule has 0 aromatic carbocycles. The van der Waals surface area contributed by atoms with Gasteiger partial charge >= 0.3 is 0 Å². The van der Waals surface area contributed by atoms with E-state index >= 15 is 0 Å². The number of carbonyl (C=O) groups excluding carboxylic acids is 1. The minimum absolute atomic E-state index is 0.0931. The van der Waals surface area contributed by atoms with Crippen molar-refractivity contribution in [1.29, 1.82) is 0 Å². The number of carbonyl (C=O) groups is 1. The number of hydrogen-bond donors (Lipinski definition) is 2. The maximum absolute atomic E-state index is 11.5. The summed E-state index contributed by atoms with van der Waals surface area (Å²) in [5.74, 6) is 0.514. The van der Waals surface area contributed by atoms with Crippen LogP contribution < -0.4 is 5.32 Å². The molecule has 78 valence electrons. The largest absolute Gasteiger partial charge is 0.351 e. The molecule has 14 heavy (non-hydrogen) atoms. The summed E-state index contributed by atoms with van der Waals surface area (Å²) < 4.78 is 0. The predicted octanol–water partition coefficient (Wildman–Crippen LogP) is 1.49. The molecule has 0 aliphatic carbocycles. The van der Waals surface area contributed by atoms with Crippen molar-refractivity contribution in [2.45, 2.75) is 27.2 Å². The molecule has 1 amide bonds. The van der Waals surface area contributed by atoms with Gasteiger partial charge in [-0.1, -0.05) is 13.8 Å². The Hall–Kier alpha value is -1.32. The highest BCUT2D eigenvalue weighted by molar-refractivity contribution is 5.93. The minimum atomic E-state index is -0.0931. The maximum atomic E-state index is 11.5. The Bertz CT molecular complexity index is 304. The summed E-state index contributed by atoms with van der Waals surface area (Å²) in [7, 11) is 0. The third-order valence-electron chi connectivity index (χ3n) is 2.05. The minimum Gasteiger partial charge on any atom is -0.351 e. The lowest BCUT2D eigenvalue weighted by Gasteiger charge is -2.05. The van der Waals surface area contributed by atoms with Gasteiger partial charge < -0.3 is 10.3 Å². The zero-order valence-corrected chi connectivity index (χ0v) is 8.92. The second-order valence-electron chi connectivity index (χ2n) is 3.81. The lowest BCUT2D eigenvalue weighted by atomic mass is 10.1. The van der Waals surface area contributed by atoms with Gasteiger partial charge in [-0.05, 0) is 19.3 Å². The van der Waals surface area contributed by atoms with Crippen molar-refractivity contribution < 1.29 is 4.79 Å². The Kier molecular flexibility index (Phi) is 3.68. The van der Waals surface area contributed by atoms with Crippen LogP contribution in [-0.2, 0) is 0 Å². The van der Waals surface area contributed by atoms with E-state index in [-0.39, 0.29) is 5.91 Å². The molecule has 2 N–H and O–H groups in total. The Morgan fingerprint density at radius 1 is 1.64 bits per heavy atom. The summed E-state index contributed by atoms with van der Waals surface area (Å²) in [5.41, 5.74) is 1.31. The van der Waals surface area contributed by atoms with Gasteiger partial charge in [-0.25, -0.2) is 4.98 Å². The van der Waals surface area contributed by atoms with Gasteiger partial charge in [0.2, 0.25) is 0 Å². The second-order valence-corrected chi connectivity index (χ2v) is 3.81. The molecule has 0 atom stereocenters. The first-order valence-electron chi connectivity index (χ1n) is 4.89. The average Bonchev–Trinajstić information content (AvgIpc) is 2.50. The fraction of sp³-hybridized carbons (Fsp3) is 0.600. The summed E-state index contributed by atoms with van der Waals surface area (Å²) in [6.07, 6.45) is 2.53. The normalized spacial score (nSPS) is 10.6. The molecular weight excluding hydrogens is 178 g/mol. The number of aromatic amines is 1. The van der Waals surface area contributed by atoms with Crippen LogP contribution in [-0.4, -0.2) is 22.4 Å². The highest BCUT2D eigenvalue weighted by Gasteiger charge is 2.10. The van der Waals surface area contributed by atoms with Crippen LogP contribution in [0, 0.1) is 12.8 Å². The van der Waals surface area contributed by atoms with Crippen LogP contribution in [0.5, 0.6) is 0 Å². The van der Waals surface area contributed by atoms with Crippen LogP contribution in [0.2, 0.25) is 0 Å². The van der Waals surface area contributed by atoms with Gasteiger partial charge in [-0.3, -0.25) is 4.79 Å². The number of hydrogen-bond acceptors (Lipinski definition) is 2. The number of imidazole rings is 1. The van der Waals surface area contributed by atoms with E-state index in [1.807, 2.05) is 6.92 Å². The van der Waals surface area contributed by atoms with E-state index in [1.54, 1.807) is 0 Å². The van der Waals surface area contributed by atoms with Crippen LogP contribution in [0.3, 0.4) is 0 Å². The SMILES string of the molecule is Cc1[nH]cnc1C(=O)NCCC(C)C. The van der Waals surface area contributed by atoms with Gasteiger partial charge in [0.25, 0.3) is 5.91 Å². The van der Waals surface area contributed by atoms with Gasteiger partial charge in [0.1, 0.15) is 5.69 Å². The first-order valence-corrected chi connectivity index (χ1v) is 4.89. The first-order chi connectivity index (χ1) is 6.61. The van der Waals surface area contributed by atoms with Crippen LogP contribution >= 0.6 is 0 Å². The molecule has 4 heteroatoms. The highest BCUT2D eigenvalue weighted by atomic mass is 16.1. The Morgan fingerprint density at radius 3 is 2.86 bits per heavy atom. The molecular formula is C10H17N3O. The van der Waals surface area contributed by atoms with Crippen molar-refractivity contribution >= 4 is 5.91 Å². The van der Waals surface area contributed by atoms with Crippen LogP contribution in [0.25, 0.3) is 0 Å². The predicted molar refractivity (Wildman–Crippen MR) is 55.1 cm³/mol. The third kappa shape index (κ3) is 2.87. The molecule has 0 fully saturated rings. The van der Waals surface area contributed by atoms with Crippen LogP contribution in [0.1, 0.15) is 36.5 Å². The number of nitrogens with one attached hydrogen (secondary N) is 2. The highest BCUT2D eigenvalue weighted by Crippen LogP contribution is 2.01. The van der Waals surface area contributed by atoms with E-state index in [4.69, 9.17) is 0 Å². The zero-order valence-electron chi connectivity index (χ0n) is 8.92. The molecule has 0 saturated heterocycles. The summed E-state index contributed by atoms with van der Waals surface area (Å²) in [6, 6.07) is 0. The standard InChI is InChI=1S/C10H17N3O/c1-7(2)4-5-11-10(14)9-8(3)12-6-13-9/h6-7H,4-5H2,1-3H3,(H,11,14)(H,12,13). The molecule has 0 unspecified atom stereocenters. The van der Waals surface area contributed by atoms with Crippen molar-refractivity contribution in [3.8, 4) is 0 Å². The number of nitrogens with zero attached hydrogens (tertiary/aromatic N) is 1. The van der Waals surface area contributed by atoms with E-state index in [1.165, 1.54) is 6.33 Å². The molecule has 0 radical (unpaired) electrons. The fourth-order valence-corrected chi connectivity index (χ4v) is 1.15.